The fourth-order valence-electron chi connectivity index (χ4n) is 6.24. The molecule has 14 nitrogen and oxygen atoms in total. The van der Waals surface area contributed by atoms with Gasteiger partial charge in [-0.2, -0.15) is 0 Å². The van der Waals surface area contributed by atoms with E-state index >= 15 is 0 Å². The maximum Gasteiger partial charge on any atom is 0.255 e. The molecule has 302 valence electrons. The number of aromatic hydroxyl groups is 2. The minimum atomic E-state index is -1.21. The topological polar surface area (TPSA) is 229 Å². The summed E-state index contributed by atoms with van der Waals surface area (Å²) in [4.78, 5) is 80.7. The molecule has 4 aromatic carbocycles. The van der Waals surface area contributed by atoms with Crippen molar-refractivity contribution < 1.29 is 39.0 Å². The van der Waals surface area contributed by atoms with Crippen molar-refractivity contribution in [3.8, 4) is 11.5 Å². The average molecular weight is 781 g/mol. The van der Waals surface area contributed by atoms with Crippen LogP contribution in [0, 0.1) is 11.8 Å². The second-order valence-corrected chi connectivity index (χ2v) is 14.9. The first-order valence-corrected chi connectivity index (χ1v) is 18.9. The number of carbonyl (C=O) groups excluding carboxylic acids is 6. The molecule has 0 saturated heterocycles. The van der Waals surface area contributed by atoms with Crippen LogP contribution in [0.25, 0.3) is 10.8 Å². The van der Waals surface area contributed by atoms with Crippen LogP contribution in [-0.2, 0) is 36.8 Å². The third-order valence-corrected chi connectivity index (χ3v) is 9.41. The number of phenolic OH excluding ortho intramolecular Hbond substituents is 2. The monoisotopic (exact) mass is 780 g/mol. The number of primary amides is 1. The molecule has 0 aliphatic rings. The number of phenols is 2. The highest BCUT2D eigenvalue weighted by Crippen LogP contribution is 2.31. The predicted octanol–water partition coefficient (Wildman–Crippen LogP) is 2.98. The summed E-state index contributed by atoms with van der Waals surface area (Å²) in [6, 6.07) is 19.7. The number of rotatable bonds is 18. The molecule has 9 N–H and O–H groups in total. The van der Waals surface area contributed by atoms with E-state index in [1.54, 1.807) is 80.6 Å². The number of nitrogens with one attached hydrogen (secondary N) is 5. The zero-order valence-electron chi connectivity index (χ0n) is 32.7. The molecular weight excluding hydrogens is 729 g/mol. The number of hydrogen-bond acceptors (Lipinski definition) is 8. The van der Waals surface area contributed by atoms with Crippen molar-refractivity contribution in [3.05, 3.63) is 108 Å². The summed E-state index contributed by atoms with van der Waals surface area (Å²) >= 11 is 0. The van der Waals surface area contributed by atoms with Crippen LogP contribution < -0.4 is 32.3 Å². The van der Waals surface area contributed by atoms with E-state index < -0.39 is 77.3 Å². The Morgan fingerprint density at radius 3 is 1.63 bits per heavy atom. The molecule has 14 heteroatoms. The first-order valence-electron chi connectivity index (χ1n) is 18.9. The standard InChI is InChI=1S/C43H52N6O8/c1-24(2)19-32(46-39(53)31-22-29-17-12-18-35(50)30(29)23-36(31)51)42(56)49-37(25(3)4)43(57)48-34(21-28-15-10-7-11-16-28)41(55)47-33(20-27-13-8-6-9-14-27)40(54)45-26(5)38(44)52/h6-18,22-26,32-34,37,50-51H,19-21H2,1-5H3,(H2,44,52)(H,45,54)(H,46,53)(H,47,55)(H,48,57)(H,49,56)/t26-,32-,33-,34-,37-/m1/s1. The van der Waals surface area contributed by atoms with Crippen molar-refractivity contribution in [1.82, 2.24) is 26.6 Å². The Morgan fingerprint density at radius 1 is 0.579 bits per heavy atom. The summed E-state index contributed by atoms with van der Waals surface area (Å²) in [6.07, 6.45) is 0.300. The third kappa shape index (κ3) is 12.3. The van der Waals surface area contributed by atoms with Crippen LogP contribution in [0.5, 0.6) is 11.5 Å². The lowest BCUT2D eigenvalue weighted by atomic mass is 9.98. The highest BCUT2D eigenvalue weighted by Gasteiger charge is 2.34. The van der Waals surface area contributed by atoms with Gasteiger partial charge in [0.1, 0.15) is 41.7 Å². The van der Waals surface area contributed by atoms with Crippen LogP contribution in [0.4, 0.5) is 0 Å². The second kappa shape index (κ2) is 19.9. The molecule has 57 heavy (non-hydrogen) atoms. The molecule has 0 spiro atoms. The largest absolute Gasteiger partial charge is 0.507 e. The van der Waals surface area contributed by atoms with Gasteiger partial charge in [-0.05, 0) is 59.9 Å². The molecule has 0 bridgehead atoms. The quantitative estimate of drug-likeness (QED) is 0.0747. The Balaban J connectivity index is 1.56. The van der Waals surface area contributed by atoms with Gasteiger partial charge >= 0.3 is 0 Å². The van der Waals surface area contributed by atoms with Crippen molar-refractivity contribution in [3.63, 3.8) is 0 Å². The van der Waals surface area contributed by atoms with E-state index in [2.05, 4.69) is 26.6 Å². The molecule has 0 saturated carbocycles. The van der Waals surface area contributed by atoms with Gasteiger partial charge in [-0.3, -0.25) is 28.8 Å². The summed E-state index contributed by atoms with van der Waals surface area (Å²) < 4.78 is 0. The Morgan fingerprint density at radius 2 is 1.11 bits per heavy atom. The lowest BCUT2D eigenvalue weighted by Gasteiger charge is -2.29. The Bertz CT molecular complexity index is 2060. The number of carbonyl (C=O) groups is 6. The van der Waals surface area contributed by atoms with Gasteiger partial charge in [0.25, 0.3) is 5.91 Å². The Kier molecular flexibility index (Phi) is 15.1. The van der Waals surface area contributed by atoms with Crippen LogP contribution in [0.3, 0.4) is 0 Å². The third-order valence-electron chi connectivity index (χ3n) is 9.41. The van der Waals surface area contributed by atoms with Crippen molar-refractivity contribution >= 4 is 46.2 Å². The molecule has 0 fully saturated rings. The predicted molar refractivity (Wildman–Crippen MR) is 216 cm³/mol. The summed E-state index contributed by atoms with van der Waals surface area (Å²) in [5.41, 5.74) is 6.71. The lowest BCUT2D eigenvalue weighted by molar-refractivity contribution is -0.135. The van der Waals surface area contributed by atoms with Crippen LogP contribution >= 0.6 is 0 Å². The smallest absolute Gasteiger partial charge is 0.255 e. The number of hydrogen-bond donors (Lipinski definition) is 8. The average Bonchev–Trinajstić information content (AvgIpc) is 3.16. The van der Waals surface area contributed by atoms with Crippen LogP contribution in [0.1, 0.15) is 62.5 Å². The number of nitrogens with two attached hydrogens (primary N) is 1. The van der Waals surface area contributed by atoms with E-state index in [0.29, 0.717) is 16.3 Å². The number of benzene rings is 4. The normalized spacial score (nSPS) is 13.8. The summed E-state index contributed by atoms with van der Waals surface area (Å²) in [7, 11) is 0. The minimum Gasteiger partial charge on any atom is -0.507 e. The molecule has 4 aromatic rings. The molecule has 0 aromatic heterocycles. The van der Waals surface area contributed by atoms with E-state index in [-0.39, 0.29) is 36.5 Å². The first kappa shape index (κ1) is 43.3. The van der Waals surface area contributed by atoms with E-state index in [0.717, 1.165) is 5.56 Å². The van der Waals surface area contributed by atoms with Crippen LogP contribution in [-0.4, -0.2) is 75.9 Å². The molecule has 6 amide bonds. The van der Waals surface area contributed by atoms with Gasteiger partial charge in [-0.25, -0.2) is 0 Å². The van der Waals surface area contributed by atoms with Gasteiger partial charge < -0.3 is 42.5 Å². The Hall–Kier alpha value is -6.44. The molecule has 0 heterocycles. The van der Waals surface area contributed by atoms with Gasteiger partial charge in [0.2, 0.25) is 29.5 Å². The highest BCUT2D eigenvalue weighted by molar-refractivity contribution is 6.04. The van der Waals surface area contributed by atoms with Gasteiger partial charge in [0, 0.05) is 18.2 Å². The second-order valence-electron chi connectivity index (χ2n) is 14.9. The molecule has 0 unspecified atom stereocenters. The maximum atomic E-state index is 14.1. The van der Waals surface area contributed by atoms with Crippen molar-refractivity contribution in [2.24, 2.45) is 17.6 Å². The van der Waals surface area contributed by atoms with Gasteiger partial charge in [0.15, 0.2) is 0 Å². The fraction of sp³-hybridized carbons (Fsp3) is 0.349. The summed E-state index contributed by atoms with van der Waals surface area (Å²) in [6.45, 7) is 8.59. The SMILES string of the molecule is CC(C)C[C@@H](NC(=O)c1cc2cccc(O)c2cc1O)C(=O)N[C@@H](C(=O)N[C@H](Cc1ccccc1)C(=O)N[C@H](Cc1ccccc1)C(=O)N[C@H](C)C(N)=O)C(C)C. The van der Waals surface area contributed by atoms with Crippen LogP contribution in [0.15, 0.2) is 91.0 Å². The Labute approximate surface area is 332 Å². The van der Waals surface area contributed by atoms with Crippen molar-refractivity contribution in [1.29, 1.82) is 0 Å². The molecular formula is C43H52N6O8. The van der Waals surface area contributed by atoms with Crippen molar-refractivity contribution in [2.45, 2.75) is 84.1 Å². The van der Waals surface area contributed by atoms with E-state index in [9.17, 15) is 39.0 Å². The van der Waals surface area contributed by atoms with E-state index in [4.69, 9.17) is 5.73 Å². The fourth-order valence-corrected chi connectivity index (χ4v) is 6.24. The molecule has 4 rings (SSSR count). The zero-order chi connectivity index (χ0) is 41.8. The number of amides is 6. The van der Waals surface area contributed by atoms with Gasteiger partial charge in [-0.15, -0.1) is 0 Å². The maximum absolute atomic E-state index is 14.1. The summed E-state index contributed by atoms with van der Waals surface area (Å²) in [5.74, 6) is -5.16. The van der Waals surface area contributed by atoms with E-state index in [1.165, 1.54) is 25.1 Å². The molecule has 0 radical (unpaired) electrons. The summed E-state index contributed by atoms with van der Waals surface area (Å²) in [5, 5.41) is 35.2. The molecule has 0 aliphatic heterocycles. The minimum absolute atomic E-state index is 0.0353. The first-order chi connectivity index (χ1) is 27.0. The van der Waals surface area contributed by atoms with Gasteiger partial charge in [-0.1, -0.05) is 100 Å². The van der Waals surface area contributed by atoms with Crippen LogP contribution in [0.2, 0.25) is 0 Å². The highest BCUT2D eigenvalue weighted by atomic mass is 16.3. The number of fused-ring (bicyclic) bond motifs is 1. The molecule has 0 aliphatic carbocycles. The zero-order valence-corrected chi connectivity index (χ0v) is 32.7. The lowest BCUT2D eigenvalue weighted by Crippen LogP contribution is -2.60. The van der Waals surface area contributed by atoms with E-state index in [1.807, 2.05) is 19.9 Å². The molecule has 5 atom stereocenters. The van der Waals surface area contributed by atoms with Gasteiger partial charge in [0.05, 0.1) is 5.56 Å². The van der Waals surface area contributed by atoms with Crippen molar-refractivity contribution in [2.75, 3.05) is 0 Å².